The van der Waals surface area contributed by atoms with Crippen molar-refractivity contribution in [2.75, 3.05) is 31.6 Å². The summed E-state index contributed by atoms with van der Waals surface area (Å²) in [5.41, 5.74) is 0. The fourth-order valence-corrected chi connectivity index (χ4v) is 2.42. The van der Waals surface area contributed by atoms with Crippen molar-refractivity contribution in [1.29, 1.82) is 0 Å². The number of carbonyl (C=O) groups excluding carboxylic acids is 1. The minimum atomic E-state index is -0.0269. The molecule has 1 aromatic heterocycles. The molecule has 1 aromatic rings. The molecule has 1 unspecified atom stereocenters. The van der Waals surface area contributed by atoms with Gasteiger partial charge in [-0.1, -0.05) is 0 Å². The van der Waals surface area contributed by atoms with Crippen LogP contribution in [-0.2, 0) is 4.79 Å². The van der Waals surface area contributed by atoms with E-state index < -0.39 is 0 Å². The maximum absolute atomic E-state index is 12.0. The van der Waals surface area contributed by atoms with E-state index in [-0.39, 0.29) is 18.6 Å². The number of likely N-dealkylation sites (tertiary alicyclic amines) is 1. The number of anilines is 1. The molecular weight excluding hydrogens is 244 g/mol. The van der Waals surface area contributed by atoms with Gasteiger partial charge in [0.2, 0.25) is 5.91 Å². The lowest BCUT2D eigenvalue weighted by molar-refractivity contribution is -0.117. The van der Waals surface area contributed by atoms with Crippen molar-refractivity contribution in [1.82, 2.24) is 14.7 Å². The number of aromatic nitrogens is 2. The van der Waals surface area contributed by atoms with E-state index in [0.29, 0.717) is 12.5 Å². The predicted octanol–water partition coefficient (Wildman–Crippen LogP) is 0.717. The van der Waals surface area contributed by atoms with Crippen LogP contribution in [0, 0.1) is 5.92 Å². The van der Waals surface area contributed by atoms with E-state index in [4.69, 9.17) is 5.11 Å². The number of rotatable bonds is 5. The molecular formula is C13H22N4O2. The number of nitrogens with one attached hydrogen (secondary N) is 1. The second kappa shape index (κ2) is 6.16. The van der Waals surface area contributed by atoms with Gasteiger partial charge in [0, 0.05) is 25.3 Å². The Morgan fingerprint density at radius 2 is 2.42 bits per heavy atom. The second-order valence-electron chi connectivity index (χ2n) is 5.38. The summed E-state index contributed by atoms with van der Waals surface area (Å²) < 4.78 is 1.79. The summed E-state index contributed by atoms with van der Waals surface area (Å²) in [6, 6.07) is 2.02. The minimum absolute atomic E-state index is 0.0269. The lowest BCUT2D eigenvalue weighted by Gasteiger charge is -2.16. The van der Waals surface area contributed by atoms with Gasteiger partial charge in [-0.15, -0.1) is 0 Å². The molecule has 2 N–H and O–H groups in total. The Hall–Kier alpha value is -1.40. The Morgan fingerprint density at radius 3 is 3.05 bits per heavy atom. The van der Waals surface area contributed by atoms with Gasteiger partial charge in [-0.25, -0.2) is 4.68 Å². The summed E-state index contributed by atoms with van der Waals surface area (Å²) in [5.74, 6) is 1.02. The zero-order valence-electron chi connectivity index (χ0n) is 11.5. The zero-order chi connectivity index (χ0) is 13.8. The fraction of sp³-hybridized carbons (Fsp3) is 0.692. The number of aliphatic hydroxyl groups is 1. The van der Waals surface area contributed by atoms with Crippen molar-refractivity contribution < 1.29 is 9.90 Å². The van der Waals surface area contributed by atoms with E-state index in [2.05, 4.69) is 15.3 Å². The minimum Gasteiger partial charge on any atom is -0.396 e. The van der Waals surface area contributed by atoms with Gasteiger partial charge in [-0.3, -0.25) is 9.69 Å². The largest absolute Gasteiger partial charge is 0.396 e. The van der Waals surface area contributed by atoms with Crippen LogP contribution in [0.2, 0.25) is 0 Å². The van der Waals surface area contributed by atoms with Gasteiger partial charge in [-0.2, -0.15) is 5.10 Å². The van der Waals surface area contributed by atoms with Crippen LogP contribution in [0.25, 0.3) is 0 Å². The standard InChI is InChI=1S/C13H22N4O2/c1-10(2)17-12(3-5-14-17)15-13(19)8-16-6-4-11(7-16)9-18/h3,5,10-11,18H,4,6-9H2,1-2H3,(H,15,19). The van der Waals surface area contributed by atoms with Crippen molar-refractivity contribution in [3.63, 3.8) is 0 Å². The van der Waals surface area contributed by atoms with Gasteiger partial charge in [0.15, 0.2) is 0 Å². The van der Waals surface area contributed by atoms with Crippen molar-refractivity contribution in [2.24, 2.45) is 5.92 Å². The van der Waals surface area contributed by atoms with Gasteiger partial charge in [0.1, 0.15) is 5.82 Å². The molecule has 0 bridgehead atoms. The Kier molecular flexibility index (Phi) is 4.55. The fourth-order valence-electron chi connectivity index (χ4n) is 2.42. The summed E-state index contributed by atoms with van der Waals surface area (Å²) >= 11 is 0. The third kappa shape index (κ3) is 3.54. The average Bonchev–Trinajstić information content (AvgIpc) is 2.97. The maximum Gasteiger partial charge on any atom is 0.239 e. The van der Waals surface area contributed by atoms with Crippen LogP contribution >= 0.6 is 0 Å². The molecule has 1 aliphatic rings. The third-order valence-corrected chi connectivity index (χ3v) is 3.42. The van der Waals surface area contributed by atoms with Crippen LogP contribution < -0.4 is 5.32 Å². The second-order valence-corrected chi connectivity index (χ2v) is 5.38. The SMILES string of the molecule is CC(C)n1nccc1NC(=O)CN1CCC(CO)C1. The molecule has 6 heteroatoms. The Bertz CT molecular complexity index is 430. The topological polar surface area (TPSA) is 70.4 Å². The molecule has 1 atom stereocenters. The first-order valence-corrected chi connectivity index (χ1v) is 6.76. The highest BCUT2D eigenvalue weighted by Crippen LogP contribution is 2.16. The molecule has 1 fully saturated rings. The average molecular weight is 266 g/mol. The lowest BCUT2D eigenvalue weighted by Crippen LogP contribution is -2.32. The Morgan fingerprint density at radius 1 is 1.63 bits per heavy atom. The van der Waals surface area contributed by atoms with E-state index in [0.717, 1.165) is 25.3 Å². The molecule has 0 aromatic carbocycles. The predicted molar refractivity (Wildman–Crippen MR) is 72.9 cm³/mol. The molecule has 2 heterocycles. The first kappa shape index (κ1) is 14.0. The number of amides is 1. The number of carbonyl (C=O) groups is 1. The zero-order valence-corrected chi connectivity index (χ0v) is 11.5. The number of hydrogen-bond donors (Lipinski definition) is 2. The number of hydrogen-bond acceptors (Lipinski definition) is 4. The maximum atomic E-state index is 12.0. The van der Waals surface area contributed by atoms with E-state index in [1.807, 2.05) is 13.8 Å². The van der Waals surface area contributed by atoms with Crippen molar-refractivity contribution >= 4 is 11.7 Å². The molecule has 6 nitrogen and oxygen atoms in total. The first-order valence-electron chi connectivity index (χ1n) is 6.76. The van der Waals surface area contributed by atoms with Crippen molar-refractivity contribution in [2.45, 2.75) is 26.3 Å². The monoisotopic (exact) mass is 266 g/mol. The quantitative estimate of drug-likeness (QED) is 0.823. The van der Waals surface area contributed by atoms with Crippen LogP contribution in [0.5, 0.6) is 0 Å². The van der Waals surface area contributed by atoms with Gasteiger partial charge in [0.05, 0.1) is 12.7 Å². The van der Waals surface area contributed by atoms with Gasteiger partial charge < -0.3 is 10.4 Å². The molecule has 0 radical (unpaired) electrons. The molecule has 0 saturated carbocycles. The summed E-state index contributed by atoms with van der Waals surface area (Å²) in [5, 5.41) is 16.2. The lowest BCUT2D eigenvalue weighted by atomic mass is 10.1. The van der Waals surface area contributed by atoms with Crippen LogP contribution in [0.1, 0.15) is 26.3 Å². The molecule has 1 amide bonds. The molecule has 0 aliphatic carbocycles. The highest BCUT2D eigenvalue weighted by Gasteiger charge is 2.23. The summed E-state index contributed by atoms with van der Waals surface area (Å²) in [6.07, 6.45) is 2.65. The number of nitrogens with zero attached hydrogens (tertiary/aromatic N) is 3. The molecule has 2 rings (SSSR count). The smallest absolute Gasteiger partial charge is 0.239 e. The highest BCUT2D eigenvalue weighted by molar-refractivity contribution is 5.91. The highest BCUT2D eigenvalue weighted by atomic mass is 16.3. The van der Waals surface area contributed by atoms with Gasteiger partial charge in [0.25, 0.3) is 0 Å². The van der Waals surface area contributed by atoms with Crippen LogP contribution in [-0.4, -0.2) is 51.9 Å². The van der Waals surface area contributed by atoms with Crippen molar-refractivity contribution in [3.05, 3.63) is 12.3 Å². The Labute approximate surface area is 113 Å². The van der Waals surface area contributed by atoms with Crippen LogP contribution in [0.15, 0.2) is 12.3 Å². The van der Waals surface area contributed by atoms with E-state index in [1.165, 1.54) is 0 Å². The third-order valence-electron chi connectivity index (χ3n) is 3.42. The van der Waals surface area contributed by atoms with E-state index in [9.17, 15) is 4.79 Å². The summed E-state index contributed by atoms with van der Waals surface area (Å²) in [7, 11) is 0. The summed E-state index contributed by atoms with van der Waals surface area (Å²) in [4.78, 5) is 14.1. The molecule has 19 heavy (non-hydrogen) atoms. The van der Waals surface area contributed by atoms with Gasteiger partial charge in [-0.05, 0) is 32.7 Å². The molecule has 1 aliphatic heterocycles. The number of aliphatic hydroxyl groups excluding tert-OH is 1. The van der Waals surface area contributed by atoms with E-state index in [1.54, 1.807) is 16.9 Å². The summed E-state index contributed by atoms with van der Waals surface area (Å²) in [6.45, 7) is 6.30. The molecule has 106 valence electrons. The van der Waals surface area contributed by atoms with Crippen LogP contribution in [0.3, 0.4) is 0 Å². The van der Waals surface area contributed by atoms with Gasteiger partial charge >= 0.3 is 0 Å². The van der Waals surface area contributed by atoms with Crippen molar-refractivity contribution in [3.8, 4) is 0 Å². The first-order chi connectivity index (χ1) is 9.10. The molecule has 0 spiro atoms. The Balaban J connectivity index is 1.86. The normalized spacial score (nSPS) is 20.1. The molecule has 1 saturated heterocycles. The van der Waals surface area contributed by atoms with Crippen LogP contribution in [0.4, 0.5) is 5.82 Å². The van der Waals surface area contributed by atoms with E-state index >= 15 is 0 Å².